The molecule has 0 spiro atoms. The van der Waals surface area contributed by atoms with E-state index in [0.29, 0.717) is 21.7 Å². The van der Waals surface area contributed by atoms with Gasteiger partial charge in [-0.15, -0.1) is 10.2 Å². The number of benzene rings is 1. The van der Waals surface area contributed by atoms with Crippen molar-refractivity contribution in [2.24, 2.45) is 0 Å². The Kier molecular flexibility index (Phi) is 4.51. The number of amides is 1. The van der Waals surface area contributed by atoms with Gasteiger partial charge in [0.2, 0.25) is 11.1 Å². The number of nitrogens with zero attached hydrogens (tertiary/aromatic N) is 3. The maximum Gasteiger partial charge on any atom is 0.237 e. The van der Waals surface area contributed by atoms with E-state index in [1.165, 1.54) is 16.4 Å². The predicted octanol–water partition coefficient (Wildman–Crippen LogP) is 2.07. The molecular formula is C12H14ClN5OS. The van der Waals surface area contributed by atoms with Crippen LogP contribution in [0.1, 0.15) is 12.7 Å². The van der Waals surface area contributed by atoms with Gasteiger partial charge in [0.25, 0.3) is 0 Å². The second-order valence-electron chi connectivity index (χ2n) is 4.13. The summed E-state index contributed by atoms with van der Waals surface area (Å²) in [4.78, 5) is 12.1. The van der Waals surface area contributed by atoms with Crippen LogP contribution in [-0.4, -0.2) is 26.0 Å². The average Bonchev–Trinajstić information content (AvgIpc) is 2.73. The van der Waals surface area contributed by atoms with Gasteiger partial charge in [0, 0.05) is 0 Å². The molecule has 0 fully saturated rings. The smallest absolute Gasteiger partial charge is 0.237 e. The van der Waals surface area contributed by atoms with Crippen molar-refractivity contribution < 1.29 is 4.79 Å². The molecule has 2 rings (SSSR count). The van der Waals surface area contributed by atoms with E-state index in [1.807, 2.05) is 0 Å². The van der Waals surface area contributed by atoms with Gasteiger partial charge in [0.05, 0.1) is 16.0 Å². The van der Waals surface area contributed by atoms with Gasteiger partial charge in [0.1, 0.15) is 5.82 Å². The van der Waals surface area contributed by atoms with Crippen LogP contribution in [0, 0.1) is 6.92 Å². The number of hydrogen-bond acceptors (Lipinski definition) is 5. The van der Waals surface area contributed by atoms with Crippen LogP contribution in [0.4, 0.5) is 5.69 Å². The molecule has 0 aliphatic heterocycles. The van der Waals surface area contributed by atoms with E-state index in [0.717, 1.165) is 0 Å². The van der Waals surface area contributed by atoms with Crippen molar-refractivity contribution in [1.29, 1.82) is 0 Å². The SMILES string of the molecule is Cc1nnc(S[C@H](C)C(=O)Nc2ccccc2Cl)n1N. The fourth-order valence-electron chi connectivity index (χ4n) is 1.44. The molecule has 0 aliphatic carbocycles. The van der Waals surface area contributed by atoms with Gasteiger partial charge in [-0.25, -0.2) is 4.68 Å². The number of thioether (sulfide) groups is 1. The van der Waals surface area contributed by atoms with Crippen LogP contribution < -0.4 is 11.2 Å². The van der Waals surface area contributed by atoms with Gasteiger partial charge in [0.15, 0.2) is 0 Å². The Bertz CT molecular complexity index is 630. The van der Waals surface area contributed by atoms with E-state index in [-0.39, 0.29) is 11.2 Å². The average molecular weight is 312 g/mol. The van der Waals surface area contributed by atoms with Gasteiger partial charge in [-0.2, -0.15) is 0 Å². The summed E-state index contributed by atoms with van der Waals surface area (Å²) in [6.45, 7) is 3.51. The van der Waals surface area contributed by atoms with E-state index in [2.05, 4.69) is 15.5 Å². The zero-order chi connectivity index (χ0) is 14.7. The van der Waals surface area contributed by atoms with E-state index < -0.39 is 0 Å². The normalized spacial score (nSPS) is 12.2. The van der Waals surface area contributed by atoms with Crippen LogP contribution >= 0.6 is 23.4 Å². The van der Waals surface area contributed by atoms with Crippen molar-refractivity contribution in [2.45, 2.75) is 24.3 Å². The van der Waals surface area contributed by atoms with Crippen LogP contribution in [0.3, 0.4) is 0 Å². The first-order chi connectivity index (χ1) is 9.49. The molecule has 1 aromatic heterocycles. The highest BCUT2D eigenvalue weighted by Gasteiger charge is 2.19. The maximum absolute atomic E-state index is 12.1. The van der Waals surface area contributed by atoms with Crippen molar-refractivity contribution in [3.8, 4) is 0 Å². The summed E-state index contributed by atoms with van der Waals surface area (Å²) in [5.41, 5.74) is 0.581. The molecule has 1 atom stereocenters. The number of aryl methyl sites for hydroxylation is 1. The molecule has 1 aromatic carbocycles. The van der Waals surface area contributed by atoms with Crippen molar-refractivity contribution in [3.63, 3.8) is 0 Å². The van der Waals surface area contributed by atoms with Crippen molar-refractivity contribution in [1.82, 2.24) is 14.9 Å². The molecule has 3 N–H and O–H groups in total. The van der Waals surface area contributed by atoms with Gasteiger partial charge in [-0.1, -0.05) is 35.5 Å². The van der Waals surface area contributed by atoms with Crippen LogP contribution in [0.2, 0.25) is 5.02 Å². The highest BCUT2D eigenvalue weighted by atomic mass is 35.5. The largest absolute Gasteiger partial charge is 0.336 e. The van der Waals surface area contributed by atoms with Crippen molar-refractivity contribution in [2.75, 3.05) is 11.2 Å². The minimum atomic E-state index is -0.378. The number of rotatable bonds is 4. The first-order valence-electron chi connectivity index (χ1n) is 5.88. The molecule has 1 heterocycles. The van der Waals surface area contributed by atoms with E-state index >= 15 is 0 Å². The third-order valence-corrected chi connectivity index (χ3v) is 4.00. The molecule has 0 radical (unpaired) electrons. The Morgan fingerprint density at radius 2 is 2.15 bits per heavy atom. The van der Waals surface area contributed by atoms with E-state index in [9.17, 15) is 4.79 Å². The summed E-state index contributed by atoms with van der Waals surface area (Å²) >= 11 is 7.23. The predicted molar refractivity (Wildman–Crippen MR) is 80.3 cm³/mol. The molecule has 0 bridgehead atoms. The van der Waals surface area contributed by atoms with Gasteiger partial charge in [-0.05, 0) is 26.0 Å². The minimum Gasteiger partial charge on any atom is -0.336 e. The standard InChI is InChI=1S/C12H14ClN5OS/c1-7(20-12-17-16-8(2)18(12)14)11(19)15-10-6-4-3-5-9(10)13/h3-7H,14H2,1-2H3,(H,15,19)/t7-/m1/s1. The van der Waals surface area contributed by atoms with Crippen LogP contribution in [0.15, 0.2) is 29.4 Å². The number of carbonyl (C=O) groups excluding carboxylic acids is 1. The third-order valence-electron chi connectivity index (χ3n) is 2.62. The van der Waals surface area contributed by atoms with Gasteiger partial charge in [-0.3, -0.25) is 4.79 Å². The highest BCUT2D eigenvalue weighted by Crippen LogP contribution is 2.24. The topological polar surface area (TPSA) is 85.8 Å². The number of nitrogens with one attached hydrogen (secondary N) is 1. The van der Waals surface area contributed by atoms with Crippen LogP contribution in [-0.2, 0) is 4.79 Å². The Hall–Kier alpha value is -1.73. The van der Waals surface area contributed by atoms with Gasteiger partial charge < -0.3 is 11.2 Å². The summed E-state index contributed by atoms with van der Waals surface area (Å²) < 4.78 is 1.35. The molecule has 0 saturated heterocycles. The lowest BCUT2D eigenvalue weighted by Gasteiger charge is -2.12. The third kappa shape index (κ3) is 3.23. The molecule has 6 nitrogen and oxygen atoms in total. The van der Waals surface area contributed by atoms with Crippen molar-refractivity contribution in [3.05, 3.63) is 35.1 Å². The first kappa shape index (κ1) is 14.7. The van der Waals surface area contributed by atoms with Crippen LogP contribution in [0.5, 0.6) is 0 Å². The number of carbonyl (C=O) groups is 1. The van der Waals surface area contributed by atoms with E-state index in [4.69, 9.17) is 17.4 Å². The summed E-state index contributed by atoms with van der Waals surface area (Å²) in [6.07, 6.45) is 0. The molecule has 8 heteroatoms. The Morgan fingerprint density at radius 1 is 1.45 bits per heavy atom. The van der Waals surface area contributed by atoms with Gasteiger partial charge >= 0.3 is 0 Å². The lowest BCUT2D eigenvalue weighted by atomic mass is 10.3. The molecule has 20 heavy (non-hydrogen) atoms. The van der Waals surface area contributed by atoms with Crippen molar-refractivity contribution >= 4 is 35.0 Å². The molecular weight excluding hydrogens is 298 g/mol. The molecule has 0 unspecified atom stereocenters. The quantitative estimate of drug-likeness (QED) is 0.667. The fraction of sp³-hybridized carbons (Fsp3) is 0.250. The summed E-state index contributed by atoms with van der Waals surface area (Å²) in [6, 6.07) is 7.07. The number of nitrogens with two attached hydrogens (primary N) is 1. The zero-order valence-corrected chi connectivity index (χ0v) is 12.6. The fourth-order valence-corrected chi connectivity index (χ4v) is 2.44. The molecule has 1 amide bonds. The van der Waals surface area contributed by atoms with E-state index in [1.54, 1.807) is 38.1 Å². The lowest BCUT2D eigenvalue weighted by Crippen LogP contribution is -2.23. The Labute approximate surface area is 125 Å². The maximum atomic E-state index is 12.1. The molecule has 0 saturated carbocycles. The molecule has 0 aliphatic rings. The minimum absolute atomic E-state index is 0.177. The number of aromatic nitrogens is 3. The Morgan fingerprint density at radius 3 is 2.75 bits per heavy atom. The molecule has 106 valence electrons. The number of hydrogen-bond donors (Lipinski definition) is 2. The second-order valence-corrected chi connectivity index (χ2v) is 5.84. The first-order valence-corrected chi connectivity index (χ1v) is 7.14. The number of para-hydroxylation sites is 1. The summed E-state index contributed by atoms with van der Waals surface area (Å²) in [7, 11) is 0. The lowest BCUT2D eigenvalue weighted by molar-refractivity contribution is -0.115. The van der Waals surface area contributed by atoms with Crippen LogP contribution in [0.25, 0.3) is 0 Å². The summed E-state index contributed by atoms with van der Waals surface area (Å²) in [5, 5.41) is 11.1. The number of halogens is 1. The zero-order valence-electron chi connectivity index (χ0n) is 11.0. The number of anilines is 1. The monoisotopic (exact) mass is 311 g/mol. The molecule has 2 aromatic rings. The Balaban J connectivity index is 2.03. The second kappa shape index (κ2) is 6.15. The number of nitrogen functional groups attached to an aromatic ring is 1. The summed E-state index contributed by atoms with van der Waals surface area (Å²) in [5.74, 6) is 6.16. The highest BCUT2D eigenvalue weighted by molar-refractivity contribution is 8.00.